The Kier molecular flexibility index (Phi) is 35.5. The van der Waals surface area contributed by atoms with Crippen LogP contribution in [0.25, 0.3) is 0 Å². The van der Waals surface area contributed by atoms with Gasteiger partial charge in [0, 0.05) is 6.42 Å². The Labute approximate surface area is 327 Å². The zero-order valence-corrected chi connectivity index (χ0v) is 36.1. The molecule has 0 bridgehead atoms. The first-order chi connectivity index (χ1) is 25.5. The highest BCUT2D eigenvalue weighted by molar-refractivity contribution is 7.45. The molecule has 0 aliphatic carbocycles. The molecular formula is C44H85N2O6P. The van der Waals surface area contributed by atoms with E-state index in [9.17, 15) is 19.4 Å². The lowest BCUT2D eigenvalue weighted by Gasteiger charge is -2.29. The summed E-state index contributed by atoms with van der Waals surface area (Å²) in [5, 5.41) is 13.7. The molecule has 2 N–H and O–H groups in total. The number of carbonyl (C=O) groups excluding carboxylic acids is 1. The summed E-state index contributed by atoms with van der Waals surface area (Å²) >= 11 is 0. The minimum absolute atomic E-state index is 0.00753. The van der Waals surface area contributed by atoms with Crippen LogP contribution in [0.2, 0.25) is 0 Å². The maximum absolute atomic E-state index is 12.8. The van der Waals surface area contributed by atoms with E-state index >= 15 is 0 Å². The Hall–Kier alpha value is -1.28. The highest BCUT2D eigenvalue weighted by Gasteiger charge is 2.23. The number of carbonyl (C=O) groups is 1. The molecule has 0 aromatic heterocycles. The average Bonchev–Trinajstić information content (AvgIpc) is 3.10. The number of aliphatic hydroxyl groups excluding tert-OH is 1. The summed E-state index contributed by atoms with van der Waals surface area (Å²) in [5.74, 6) is -0.215. The minimum Gasteiger partial charge on any atom is -0.756 e. The first-order valence-corrected chi connectivity index (χ1v) is 23.3. The molecule has 3 atom stereocenters. The highest BCUT2D eigenvalue weighted by Crippen LogP contribution is 2.38. The van der Waals surface area contributed by atoms with Crippen molar-refractivity contribution >= 4 is 13.7 Å². The van der Waals surface area contributed by atoms with Crippen LogP contribution in [-0.2, 0) is 18.4 Å². The van der Waals surface area contributed by atoms with E-state index < -0.39 is 26.6 Å². The standard InChI is InChI=1S/C44H85N2O6P/c1-6-8-10-12-14-16-18-19-20-21-22-23-24-25-26-27-28-30-32-34-36-38-44(48)45-42(41-52-53(49,50)51-40-39-46(3,4)5)43(47)37-35-33-31-29-17-15-13-11-9-7-2/h17,23-24,29,35,37,42-43,47H,6-16,18-22,25-28,30-34,36,38-41H2,1-5H3,(H-,45,48,49,50)/b24-23-,29-17+,37-35+. The van der Waals surface area contributed by atoms with Gasteiger partial charge >= 0.3 is 0 Å². The van der Waals surface area contributed by atoms with Crippen molar-refractivity contribution in [2.45, 2.75) is 199 Å². The topological polar surface area (TPSA) is 108 Å². The molecule has 312 valence electrons. The number of rotatable bonds is 39. The van der Waals surface area contributed by atoms with Crippen LogP contribution in [0.1, 0.15) is 187 Å². The van der Waals surface area contributed by atoms with Crippen LogP contribution < -0.4 is 10.2 Å². The van der Waals surface area contributed by atoms with Crippen LogP contribution in [0.4, 0.5) is 0 Å². The van der Waals surface area contributed by atoms with Gasteiger partial charge in [0.1, 0.15) is 13.2 Å². The van der Waals surface area contributed by atoms with Crippen LogP contribution in [0.3, 0.4) is 0 Å². The maximum Gasteiger partial charge on any atom is 0.268 e. The van der Waals surface area contributed by atoms with E-state index in [0.29, 0.717) is 17.4 Å². The third-order valence-corrected chi connectivity index (χ3v) is 10.5. The lowest BCUT2D eigenvalue weighted by atomic mass is 10.1. The predicted molar refractivity (Wildman–Crippen MR) is 224 cm³/mol. The molecule has 1 amide bonds. The van der Waals surface area contributed by atoms with Gasteiger partial charge in [-0.3, -0.25) is 9.36 Å². The average molecular weight is 769 g/mol. The Bertz CT molecular complexity index is 964. The molecular weight excluding hydrogens is 683 g/mol. The number of aliphatic hydroxyl groups is 1. The van der Waals surface area contributed by atoms with Crippen molar-refractivity contribution in [3.8, 4) is 0 Å². The number of unbranched alkanes of at least 4 members (excludes halogenated alkanes) is 22. The van der Waals surface area contributed by atoms with Gasteiger partial charge in [-0.1, -0.05) is 159 Å². The highest BCUT2D eigenvalue weighted by atomic mass is 31.2. The van der Waals surface area contributed by atoms with E-state index in [1.807, 2.05) is 27.2 Å². The quantitative estimate of drug-likeness (QED) is 0.0279. The smallest absolute Gasteiger partial charge is 0.268 e. The second-order valence-electron chi connectivity index (χ2n) is 16.0. The molecule has 0 aromatic carbocycles. The predicted octanol–water partition coefficient (Wildman–Crippen LogP) is 11.3. The van der Waals surface area contributed by atoms with E-state index in [-0.39, 0.29) is 12.5 Å². The fraction of sp³-hybridized carbons (Fsp3) is 0.841. The van der Waals surface area contributed by atoms with Gasteiger partial charge in [0.05, 0.1) is 39.9 Å². The molecule has 0 radical (unpaired) electrons. The van der Waals surface area contributed by atoms with Gasteiger partial charge in [-0.15, -0.1) is 0 Å². The van der Waals surface area contributed by atoms with E-state index in [1.54, 1.807) is 6.08 Å². The minimum atomic E-state index is -4.59. The van der Waals surface area contributed by atoms with E-state index in [0.717, 1.165) is 38.5 Å². The largest absolute Gasteiger partial charge is 0.756 e. The molecule has 3 unspecified atom stereocenters. The summed E-state index contributed by atoms with van der Waals surface area (Å²) < 4.78 is 23.1. The first kappa shape index (κ1) is 51.7. The van der Waals surface area contributed by atoms with Crippen molar-refractivity contribution in [3.05, 3.63) is 36.5 Å². The number of hydrogen-bond acceptors (Lipinski definition) is 6. The zero-order valence-electron chi connectivity index (χ0n) is 35.2. The summed E-state index contributed by atoms with van der Waals surface area (Å²) in [7, 11) is 1.24. The maximum atomic E-state index is 12.8. The van der Waals surface area contributed by atoms with Gasteiger partial charge in [-0.2, -0.15) is 0 Å². The van der Waals surface area contributed by atoms with E-state index in [1.165, 1.54) is 128 Å². The lowest BCUT2D eigenvalue weighted by molar-refractivity contribution is -0.870. The Morgan fingerprint density at radius 3 is 1.55 bits per heavy atom. The number of allylic oxidation sites excluding steroid dienone is 5. The second-order valence-corrected chi connectivity index (χ2v) is 17.4. The molecule has 8 nitrogen and oxygen atoms in total. The number of nitrogens with one attached hydrogen (secondary N) is 1. The summed E-state index contributed by atoms with van der Waals surface area (Å²) in [4.78, 5) is 25.2. The van der Waals surface area contributed by atoms with Gasteiger partial charge in [0.2, 0.25) is 5.91 Å². The summed E-state index contributed by atoms with van der Waals surface area (Å²) in [6.45, 7) is 4.58. The van der Waals surface area contributed by atoms with Crippen LogP contribution >= 0.6 is 7.82 Å². The number of amides is 1. The molecule has 0 aliphatic heterocycles. The van der Waals surface area contributed by atoms with E-state index in [4.69, 9.17) is 9.05 Å². The molecule has 0 saturated carbocycles. The number of likely N-dealkylation sites (N-methyl/N-ethyl adjacent to an activating group) is 1. The molecule has 9 heteroatoms. The van der Waals surface area contributed by atoms with Crippen molar-refractivity contribution in [1.82, 2.24) is 5.32 Å². The number of hydrogen-bond donors (Lipinski definition) is 2. The van der Waals surface area contributed by atoms with Gasteiger partial charge in [-0.05, 0) is 57.8 Å². The van der Waals surface area contributed by atoms with Crippen molar-refractivity contribution in [3.63, 3.8) is 0 Å². The first-order valence-electron chi connectivity index (χ1n) is 21.9. The van der Waals surface area contributed by atoms with Gasteiger partial charge in [0.25, 0.3) is 7.82 Å². The normalized spacial score (nSPS) is 14.8. The molecule has 0 rings (SSSR count). The number of phosphoric acid groups is 1. The zero-order chi connectivity index (χ0) is 39.3. The van der Waals surface area contributed by atoms with Gasteiger partial charge in [0.15, 0.2) is 0 Å². The van der Waals surface area contributed by atoms with Crippen molar-refractivity contribution in [1.29, 1.82) is 0 Å². The van der Waals surface area contributed by atoms with Crippen LogP contribution in [-0.4, -0.2) is 68.5 Å². The molecule has 0 fully saturated rings. The monoisotopic (exact) mass is 769 g/mol. The molecule has 0 spiro atoms. The van der Waals surface area contributed by atoms with Crippen molar-refractivity contribution < 1.29 is 32.9 Å². The fourth-order valence-corrected chi connectivity index (χ4v) is 6.77. The third-order valence-electron chi connectivity index (χ3n) is 9.57. The molecule has 0 aromatic rings. The summed E-state index contributed by atoms with van der Waals surface area (Å²) in [6.07, 6.45) is 43.5. The van der Waals surface area contributed by atoms with Gasteiger partial charge in [-0.25, -0.2) is 0 Å². The summed E-state index contributed by atoms with van der Waals surface area (Å²) in [5.41, 5.74) is 0. The van der Waals surface area contributed by atoms with Crippen LogP contribution in [0.15, 0.2) is 36.5 Å². The Balaban J connectivity index is 4.33. The molecule has 0 saturated heterocycles. The molecule has 0 aliphatic rings. The Morgan fingerprint density at radius 1 is 0.642 bits per heavy atom. The van der Waals surface area contributed by atoms with E-state index in [2.05, 4.69) is 43.5 Å². The molecule has 0 heterocycles. The van der Waals surface area contributed by atoms with Gasteiger partial charge < -0.3 is 28.8 Å². The lowest BCUT2D eigenvalue weighted by Crippen LogP contribution is -2.45. The van der Waals surface area contributed by atoms with Crippen LogP contribution in [0, 0.1) is 0 Å². The number of quaternary nitrogens is 1. The second kappa shape index (κ2) is 36.4. The SMILES string of the molecule is CCCCCC/C=C/CC/C=C/C(O)C(COP(=O)([O-])OCC[N+](C)(C)C)NC(=O)CCCCCCCCC/C=C\CCCCCCCCCCCC. The van der Waals surface area contributed by atoms with Crippen LogP contribution in [0.5, 0.6) is 0 Å². The number of phosphoric ester groups is 1. The fourth-order valence-electron chi connectivity index (χ4n) is 6.04. The Morgan fingerprint density at radius 2 is 1.06 bits per heavy atom. The number of nitrogens with zero attached hydrogens (tertiary/aromatic N) is 1. The van der Waals surface area contributed by atoms with Crippen molar-refractivity contribution in [2.75, 3.05) is 40.9 Å². The third kappa shape index (κ3) is 38.8. The van der Waals surface area contributed by atoms with Crippen molar-refractivity contribution in [2.24, 2.45) is 0 Å². The summed E-state index contributed by atoms with van der Waals surface area (Å²) in [6, 6.07) is -0.902. The molecule has 53 heavy (non-hydrogen) atoms.